The second-order valence-corrected chi connectivity index (χ2v) is 5.94. The number of hydrogen-bond donors (Lipinski definition) is 2. The van der Waals surface area contributed by atoms with E-state index in [4.69, 9.17) is 18.0 Å². The summed E-state index contributed by atoms with van der Waals surface area (Å²) in [7, 11) is 0. The summed E-state index contributed by atoms with van der Waals surface area (Å²) in [5.41, 5.74) is 8.31. The van der Waals surface area contributed by atoms with Crippen LogP contribution in [0, 0.1) is 5.41 Å². The van der Waals surface area contributed by atoms with Crippen molar-refractivity contribution in [1.29, 1.82) is 0 Å². The number of rotatable bonds is 3. The van der Waals surface area contributed by atoms with E-state index >= 15 is 0 Å². The van der Waals surface area contributed by atoms with Gasteiger partial charge in [0.25, 0.3) is 0 Å². The summed E-state index contributed by atoms with van der Waals surface area (Å²) in [5.74, 6) is 0.0246. The van der Waals surface area contributed by atoms with Crippen molar-refractivity contribution in [3.8, 4) is 0 Å². The van der Waals surface area contributed by atoms with Crippen LogP contribution in [0.2, 0.25) is 0 Å². The Bertz CT molecular complexity index is 320. The van der Waals surface area contributed by atoms with Crippen molar-refractivity contribution in [2.45, 2.75) is 51.4 Å². The first kappa shape index (κ1) is 13.7. The average molecular weight is 269 g/mol. The highest BCUT2D eigenvalue weighted by Gasteiger charge is 2.42. The third-order valence-electron chi connectivity index (χ3n) is 4.23. The molecule has 1 saturated carbocycles. The van der Waals surface area contributed by atoms with Gasteiger partial charge in [-0.15, -0.1) is 0 Å². The quantitative estimate of drug-likeness (QED) is 0.766. The topological polar surface area (TPSA) is 58.4 Å². The molecular weight excluding hydrogens is 246 g/mol. The third-order valence-corrected chi connectivity index (χ3v) is 4.62. The maximum Gasteiger partial charge on any atom is 0.247 e. The monoisotopic (exact) mass is 269 g/mol. The maximum absolute atomic E-state index is 12.5. The van der Waals surface area contributed by atoms with Crippen LogP contribution in [0.15, 0.2) is 0 Å². The van der Waals surface area contributed by atoms with Crippen molar-refractivity contribution in [2.75, 3.05) is 13.1 Å². The smallest absolute Gasteiger partial charge is 0.247 e. The van der Waals surface area contributed by atoms with E-state index in [-0.39, 0.29) is 5.91 Å². The van der Waals surface area contributed by atoms with Crippen molar-refractivity contribution in [3.05, 3.63) is 0 Å². The lowest BCUT2D eigenvalue weighted by Crippen LogP contribution is -2.55. The van der Waals surface area contributed by atoms with E-state index in [1.165, 1.54) is 12.8 Å². The number of hydrazine groups is 1. The molecule has 1 amide bonds. The fraction of sp³-hybridized carbons (Fsp3) is 0.846. The fourth-order valence-corrected chi connectivity index (χ4v) is 3.29. The Morgan fingerprint density at radius 1 is 1.06 bits per heavy atom. The molecule has 1 aliphatic heterocycles. The largest absolute Gasteiger partial charge is 0.392 e. The van der Waals surface area contributed by atoms with Crippen molar-refractivity contribution in [2.24, 2.45) is 11.1 Å². The van der Waals surface area contributed by atoms with Crippen LogP contribution >= 0.6 is 12.2 Å². The molecule has 2 fully saturated rings. The number of thiocarbonyl (C=S) groups is 1. The highest BCUT2D eigenvalue weighted by Crippen LogP contribution is 2.37. The lowest BCUT2D eigenvalue weighted by molar-refractivity contribution is -0.134. The zero-order valence-corrected chi connectivity index (χ0v) is 11.7. The van der Waals surface area contributed by atoms with Gasteiger partial charge in [0.15, 0.2) is 0 Å². The van der Waals surface area contributed by atoms with Crippen LogP contribution in [0.25, 0.3) is 0 Å². The normalized spacial score (nSPS) is 24.4. The zero-order chi connectivity index (χ0) is 13.0. The minimum atomic E-state index is -0.592. The fourth-order valence-electron chi connectivity index (χ4n) is 3.00. The number of piperidine rings is 1. The molecular formula is C13H23N3OS. The van der Waals surface area contributed by atoms with Crippen LogP contribution < -0.4 is 11.2 Å². The lowest BCUT2D eigenvalue weighted by atomic mass is 9.73. The number of carbonyl (C=O) groups is 1. The summed E-state index contributed by atoms with van der Waals surface area (Å²) in [6.07, 6.45) is 8.45. The van der Waals surface area contributed by atoms with E-state index in [9.17, 15) is 4.79 Å². The van der Waals surface area contributed by atoms with Gasteiger partial charge in [-0.2, -0.15) is 0 Å². The van der Waals surface area contributed by atoms with Gasteiger partial charge in [-0.25, -0.2) is 5.01 Å². The van der Waals surface area contributed by atoms with Crippen LogP contribution in [0.4, 0.5) is 0 Å². The number of amides is 1. The van der Waals surface area contributed by atoms with E-state index in [1.54, 1.807) is 0 Å². The number of nitrogens with two attached hydrogens (primary N) is 1. The second-order valence-electron chi connectivity index (χ2n) is 5.50. The summed E-state index contributed by atoms with van der Waals surface area (Å²) >= 11 is 5.17. The molecule has 1 heterocycles. The highest BCUT2D eigenvalue weighted by molar-refractivity contribution is 7.80. The van der Waals surface area contributed by atoms with Crippen molar-refractivity contribution in [1.82, 2.24) is 10.4 Å². The summed E-state index contributed by atoms with van der Waals surface area (Å²) in [6.45, 7) is 1.89. The molecule has 0 radical (unpaired) electrons. The Morgan fingerprint density at radius 2 is 1.61 bits per heavy atom. The van der Waals surface area contributed by atoms with E-state index in [2.05, 4.69) is 5.43 Å². The van der Waals surface area contributed by atoms with Gasteiger partial charge in [0.1, 0.15) is 5.41 Å². The van der Waals surface area contributed by atoms with Gasteiger partial charge < -0.3 is 5.73 Å². The molecule has 1 aliphatic carbocycles. The van der Waals surface area contributed by atoms with E-state index < -0.39 is 5.41 Å². The van der Waals surface area contributed by atoms with E-state index in [0.29, 0.717) is 4.99 Å². The molecule has 0 bridgehead atoms. The molecule has 0 atom stereocenters. The lowest BCUT2D eigenvalue weighted by Gasteiger charge is -2.37. The molecule has 102 valence electrons. The molecule has 0 spiro atoms. The summed E-state index contributed by atoms with van der Waals surface area (Å²) < 4.78 is 0. The molecule has 3 N–H and O–H groups in total. The van der Waals surface area contributed by atoms with Crippen LogP contribution in [0.1, 0.15) is 51.4 Å². The molecule has 1 saturated heterocycles. The Labute approximate surface area is 114 Å². The van der Waals surface area contributed by atoms with Gasteiger partial charge in [-0.3, -0.25) is 10.2 Å². The minimum absolute atomic E-state index is 0.0246. The SMILES string of the molecule is NC(=S)C1(C(=O)NN2CCCCC2)CCCCC1. The first-order chi connectivity index (χ1) is 8.65. The number of carbonyl (C=O) groups excluding carboxylic acids is 1. The molecule has 0 aromatic carbocycles. The Hall–Kier alpha value is -0.680. The van der Waals surface area contributed by atoms with Crippen LogP contribution in [-0.2, 0) is 4.79 Å². The molecule has 4 nitrogen and oxygen atoms in total. The summed E-state index contributed by atoms with van der Waals surface area (Å²) in [5, 5.41) is 2.03. The molecule has 2 aliphatic rings. The molecule has 0 unspecified atom stereocenters. The zero-order valence-electron chi connectivity index (χ0n) is 10.9. The number of nitrogens with one attached hydrogen (secondary N) is 1. The average Bonchev–Trinajstić information content (AvgIpc) is 2.40. The van der Waals surface area contributed by atoms with Gasteiger partial charge in [0, 0.05) is 13.1 Å². The molecule has 5 heteroatoms. The van der Waals surface area contributed by atoms with Crippen LogP contribution in [0.5, 0.6) is 0 Å². The molecule has 0 aromatic rings. The summed E-state index contributed by atoms with van der Waals surface area (Å²) in [4.78, 5) is 12.9. The predicted octanol–water partition coefficient (Wildman–Crippen LogP) is 1.74. The second kappa shape index (κ2) is 5.97. The first-order valence-corrected chi connectivity index (χ1v) is 7.42. The predicted molar refractivity (Wildman–Crippen MR) is 75.9 cm³/mol. The Morgan fingerprint density at radius 3 is 2.17 bits per heavy atom. The van der Waals surface area contributed by atoms with Crippen LogP contribution in [-0.4, -0.2) is 29.0 Å². The van der Waals surface area contributed by atoms with Gasteiger partial charge in [-0.05, 0) is 25.7 Å². The third kappa shape index (κ3) is 2.83. The van der Waals surface area contributed by atoms with Crippen molar-refractivity contribution < 1.29 is 4.79 Å². The Balaban J connectivity index is 2.01. The van der Waals surface area contributed by atoms with Crippen LogP contribution in [0.3, 0.4) is 0 Å². The van der Waals surface area contributed by atoms with Gasteiger partial charge in [0.05, 0.1) is 4.99 Å². The van der Waals surface area contributed by atoms with Gasteiger partial charge in [0.2, 0.25) is 5.91 Å². The molecule has 18 heavy (non-hydrogen) atoms. The van der Waals surface area contributed by atoms with E-state index in [0.717, 1.165) is 51.6 Å². The van der Waals surface area contributed by atoms with E-state index in [1.807, 2.05) is 5.01 Å². The molecule has 2 rings (SSSR count). The van der Waals surface area contributed by atoms with Gasteiger partial charge in [-0.1, -0.05) is 37.9 Å². The first-order valence-electron chi connectivity index (χ1n) is 7.01. The standard InChI is InChI=1S/C13H23N3OS/c14-11(18)13(7-3-1-4-8-13)12(17)15-16-9-5-2-6-10-16/h1-10H2,(H2,14,18)(H,15,17). The molecule has 0 aromatic heterocycles. The number of nitrogens with zero attached hydrogens (tertiary/aromatic N) is 1. The number of hydrogen-bond acceptors (Lipinski definition) is 3. The summed E-state index contributed by atoms with van der Waals surface area (Å²) in [6, 6.07) is 0. The Kier molecular flexibility index (Phi) is 4.56. The van der Waals surface area contributed by atoms with Crippen molar-refractivity contribution in [3.63, 3.8) is 0 Å². The van der Waals surface area contributed by atoms with Crippen molar-refractivity contribution >= 4 is 23.1 Å². The minimum Gasteiger partial charge on any atom is -0.392 e. The van der Waals surface area contributed by atoms with Gasteiger partial charge >= 0.3 is 0 Å². The highest BCUT2D eigenvalue weighted by atomic mass is 32.1. The maximum atomic E-state index is 12.5.